The van der Waals surface area contributed by atoms with E-state index in [4.69, 9.17) is 5.21 Å². The molecule has 0 atom stereocenters. The molecule has 2 N–H and O–H groups in total. The molecule has 0 aliphatic rings. The maximum atomic E-state index is 8.46. The fourth-order valence-electron chi connectivity index (χ4n) is 1.39. The Morgan fingerprint density at radius 3 is 3.23 bits per heavy atom. The molecule has 66 valence electrons. The van der Waals surface area contributed by atoms with Crippen molar-refractivity contribution in [1.82, 2.24) is 9.97 Å². The molecule has 2 heterocycles. The summed E-state index contributed by atoms with van der Waals surface area (Å²) < 4.78 is 0. The molecule has 0 spiro atoms. The minimum absolute atomic E-state index is 0.815. The summed E-state index contributed by atoms with van der Waals surface area (Å²) >= 11 is 0. The SMILES string of the molecule is Cc1[nH]c2ncccc2c1/C=N\O. The Labute approximate surface area is 74.9 Å². The number of aryl methyl sites for hydroxylation is 1. The van der Waals surface area contributed by atoms with Crippen LogP contribution in [-0.2, 0) is 0 Å². The van der Waals surface area contributed by atoms with Gasteiger partial charge in [0.2, 0.25) is 0 Å². The lowest BCUT2D eigenvalue weighted by molar-refractivity contribution is 0.322. The van der Waals surface area contributed by atoms with Crippen molar-refractivity contribution in [2.75, 3.05) is 0 Å². The molecular formula is C9H9N3O. The second-order valence-electron chi connectivity index (χ2n) is 2.81. The Morgan fingerprint density at radius 1 is 1.62 bits per heavy atom. The fourth-order valence-corrected chi connectivity index (χ4v) is 1.39. The first-order valence-corrected chi connectivity index (χ1v) is 3.93. The Kier molecular flexibility index (Phi) is 1.73. The lowest BCUT2D eigenvalue weighted by Gasteiger charge is -1.88. The zero-order valence-electron chi connectivity index (χ0n) is 7.15. The van der Waals surface area contributed by atoms with Gasteiger partial charge in [0.25, 0.3) is 0 Å². The van der Waals surface area contributed by atoms with Gasteiger partial charge < -0.3 is 10.2 Å². The summed E-state index contributed by atoms with van der Waals surface area (Å²) in [5.74, 6) is 0. The van der Waals surface area contributed by atoms with Crippen molar-refractivity contribution >= 4 is 17.2 Å². The number of hydrogen-bond donors (Lipinski definition) is 2. The third kappa shape index (κ3) is 1.16. The summed E-state index contributed by atoms with van der Waals surface area (Å²) in [6.07, 6.45) is 3.13. The lowest BCUT2D eigenvalue weighted by Crippen LogP contribution is -1.81. The van der Waals surface area contributed by atoms with E-state index < -0.39 is 0 Å². The summed E-state index contributed by atoms with van der Waals surface area (Å²) in [4.78, 5) is 7.24. The summed E-state index contributed by atoms with van der Waals surface area (Å²) in [5, 5.41) is 12.4. The van der Waals surface area contributed by atoms with E-state index in [9.17, 15) is 0 Å². The van der Waals surface area contributed by atoms with Crippen molar-refractivity contribution < 1.29 is 5.21 Å². The third-order valence-corrected chi connectivity index (χ3v) is 1.99. The summed E-state index contributed by atoms with van der Waals surface area (Å²) in [6.45, 7) is 1.92. The molecule has 4 nitrogen and oxygen atoms in total. The number of aromatic nitrogens is 2. The number of nitrogens with one attached hydrogen (secondary N) is 1. The molecule has 0 saturated carbocycles. The first kappa shape index (κ1) is 7.79. The summed E-state index contributed by atoms with van der Waals surface area (Å²) in [6, 6.07) is 3.78. The standard InChI is InChI=1S/C9H9N3O/c1-6-8(5-11-13)7-3-2-4-10-9(7)12-6/h2-5,13H,1H3,(H,10,12)/b11-5-. The molecule has 2 aromatic rings. The summed E-state index contributed by atoms with van der Waals surface area (Å²) in [7, 11) is 0. The molecule has 13 heavy (non-hydrogen) atoms. The Bertz CT molecular complexity index is 459. The molecule has 0 aliphatic carbocycles. The smallest absolute Gasteiger partial charge is 0.138 e. The van der Waals surface area contributed by atoms with Crippen molar-refractivity contribution in [3.8, 4) is 0 Å². The van der Waals surface area contributed by atoms with Gasteiger partial charge in [-0.2, -0.15) is 0 Å². The molecule has 0 saturated heterocycles. The maximum Gasteiger partial charge on any atom is 0.138 e. The van der Waals surface area contributed by atoms with Crippen LogP contribution in [0.1, 0.15) is 11.3 Å². The highest BCUT2D eigenvalue weighted by Gasteiger charge is 2.05. The molecular weight excluding hydrogens is 166 g/mol. The molecule has 4 heteroatoms. The molecule has 0 aliphatic heterocycles. The first-order chi connectivity index (χ1) is 6.33. The molecule has 0 radical (unpaired) electrons. The third-order valence-electron chi connectivity index (χ3n) is 1.99. The molecule has 0 fully saturated rings. The van der Waals surface area contributed by atoms with Gasteiger partial charge in [0.15, 0.2) is 0 Å². The largest absolute Gasteiger partial charge is 0.411 e. The van der Waals surface area contributed by atoms with E-state index in [1.807, 2.05) is 19.1 Å². The van der Waals surface area contributed by atoms with E-state index in [1.165, 1.54) is 6.21 Å². The number of hydrogen-bond acceptors (Lipinski definition) is 3. The van der Waals surface area contributed by atoms with Crippen LogP contribution in [0, 0.1) is 6.92 Å². The van der Waals surface area contributed by atoms with E-state index in [1.54, 1.807) is 6.20 Å². The van der Waals surface area contributed by atoms with Crippen LogP contribution in [-0.4, -0.2) is 21.4 Å². The predicted octanol–water partition coefficient (Wildman–Crippen LogP) is 1.68. The van der Waals surface area contributed by atoms with Crippen LogP contribution < -0.4 is 0 Å². The monoisotopic (exact) mass is 175 g/mol. The Morgan fingerprint density at radius 2 is 2.46 bits per heavy atom. The highest BCUT2D eigenvalue weighted by molar-refractivity contribution is 5.98. The van der Waals surface area contributed by atoms with Crippen LogP contribution in [0.5, 0.6) is 0 Å². The van der Waals surface area contributed by atoms with Crippen molar-refractivity contribution in [2.24, 2.45) is 5.16 Å². The van der Waals surface area contributed by atoms with Crippen LogP contribution >= 0.6 is 0 Å². The van der Waals surface area contributed by atoms with Gasteiger partial charge in [0.05, 0.1) is 6.21 Å². The molecule has 0 unspecified atom stereocenters. The Balaban J connectivity index is 2.78. The number of pyridine rings is 1. The van der Waals surface area contributed by atoms with E-state index in [2.05, 4.69) is 15.1 Å². The summed E-state index contributed by atoms with van der Waals surface area (Å²) in [5.41, 5.74) is 2.65. The van der Waals surface area contributed by atoms with E-state index in [0.29, 0.717) is 0 Å². The van der Waals surface area contributed by atoms with Crippen molar-refractivity contribution in [1.29, 1.82) is 0 Å². The van der Waals surface area contributed by atoms with Gasteiger partial charge in [-0.1, -0.05) is 5.16 Å². The topological polar surface area (TPSA) is 61.3 Å². The van der Waals surface area contributed by atoms with Gasteiger partial charge in [0.1, 0.15) is 5.65 Å². The van der Waals surface area contributed by atoms with E-state index in [-0.39, 0.29) is 0 Å². The molecule has 0 amide bonds. The lowest BCUT2D eigenvalue weighted by atomic mass is 10.2. The van der Waals surface area contributed by atoms with Gasteiger partial charge in [-0.3, -0.25) is 0 Å². The van der Waals surface area contributed by atoms with Crippen molar-refractivity contribution in [3.05, 3.63) is 29.6 Å². The second-order valence-corrected chi connectivity index (χ2v) is 2.81. The van der Waals surface area contributed by atoms with Crippen molar-refractivity contribution in [3.63, 3.8) is 0 Å². The van der Waals surface area contributed by atoms with E-state index in [0.717, 1.165) is 22.3 Å². The fraction of sp³-hybridized carbons (Fsp3) is 0.111. The predicted molar refractivity (Wildman–Crippen MR) is 50.2 cm³/mol. The number of rotatable bonds is 1. The zero-order chi connectivity index (χ0) is 9.26. The van der Waals surface area contributed by atoms with Crippen LogP contribution in [0.25, 0.3) is 11.0 Å². The van der Waals surface area contributed by atoms with Crippen LogP contribution in [0.3, 0.4) is 0 Å². The number of H-pyrrole nitrogens is 1. The van der Waals surface area contributed by atoms with Gasteiger partial charge >= 0.3 is 0 Å². The first-order valence-electron chi connectivity index (χ1n) is 3.93. The number of aromatic amines is 1. The molecule has 2 rings (SSSR count). The normalized spacial score (nSPS) is 11.5. The highest BCUT2D eigenvalue weighted by atomic mass is 16.4. The minimum atomic E-state index is 0.815. The van der Waals surface area contributed by atoms with Gasteiger partial charge in [-0.05, 0) is 19.1 Å². The zero-order valence-corrected chi connectivity index (χ0v) is 7.15. The highest BCUT2D eigenvalue weighted by Crippen LogP contribution is 2.17. The average molecular weight is 175 g/mol. The Hall–Kier alpha value is -1.84. The number of fused-ring (bicyclic) bond motifs is 1. The van der Waals surface area contributed by atoms with Gasteiger partial charge in [-0.25, -0.2) is 4.98 Å². The molecule has 0 bridgehead atoms. The quantitative estimate of drug-likeness (QED) is 0.393. The van der Waals surface area contributed by atoms with Crippen LogP contribution in [0.2, 0.25) is 0 Å². The van der Waals surface area contributed by atoms with Crippen LogP contribution in [0.15, 0.2) is 23.5 Å². The van der Waals surface area contributed by atoms with Gasteiger partial charge in [0, 0.05) is 22.8 Å². The number of nitrogens with zero attached hydrogens (tertiary/aromatic N) is 2. The minimum Gasteiger partial charge on any atom is -0.411 e. The molecule has 0 aromatic carbocycles. The average Bonchev–Trinajstić information content (AvgIpc) is 2.44. The second kappa shape index (κ2) is 2.90. The van der Waals surface area contributed by atoms with Crippen molar-refractivity contribution in [2.45, 2.75) is 6.92 Å². The van der Waals surface area contributed by atoms with Crippen LogP contribution in [0.4, 0.5) is 0 Å². The maximum absolute atomic E-state index is 8.46. The van der Waals surface area contributed by atoms with E-state index >= 15 is 0 Å². The molecule has 2 aromatic heterocycles. The number of oxime groups is 1. The van der Waals surface area contributed by atoms with Gasteiger partial charge in [-0.15, -0.1) is 0 Å².